The number of amides is 1. The van der Waals surface area contributed by atoms with Gasteiger partial charge in [-0.15, -0.1) is 0 Å². The second kappa shape index (κ2) is 6.46. The fourth-order valence-corrected chi connectivity index (χ4v) is 3.57. The Morgan fingerprint density at radius 3 is 2.91 bits per heavy atom. The number of rotatable bonds is 2. The number of benzene rings is 1. The molecule has 0 bridgehead atoms. The number of likely N-dealkylation sites (tertiary alicyclic amines) is 1. The third-order valence-corrected chi connectivity index (χ3v) is 4.79. The molecule has 1 N–H and O–H groups in total. The molecule has 0 radical (unpaired) electrons. The average Bonchev–Trinajstić information content (AvgIpc) is 2.54. The van der Waals surface area contributed by atoms with Gasteiger partial charge in [-0.05, 0) is 50.3 Å². The molecule has 3 rings (SSSR count). The highest BCUT2D eigenvalue weighted by Crippen LogP contribution is 2.26. The summed E-state index contributed by atoms with van der Waals surface area (Å²) >= 11 is 6.29. The molecule has 1 aromatic carbocycles. The Morgan fingerprint density at radius 1 is 1.39 bits per heavy atom. The summed E-state index contributed by atoms with van der Waals surface area (Å²) in [7, 11) is 0. The zero-order valence-electron chi connectivity index (χ0n) is 13.5. The SMILES string of the molecule is Cc1cc(C)c2nc(Cl)c(C(=O)N3CCCC(CO)C3)cc2c1. The number of pyridine rings is 1. The fraction of sp³-hybridized carbons (Fsp3) is 0.444. The van der Waals surface area contributed by atoms with Crippen LogP contribution in [0.25, 0.3) is 10.9 Å². The zero-order valence-corrected chi connectivity index (χ0v) is 14.2. The van der Waals surface area contributed by atoms with E-state index in [-0.39, 0.29) is 23.6 Å². The van der Waals surface area contributed by atoms with Crippen LogP contribution >= 0.6 is 11.6 Å². The first kappa shape index (κ1) is 16.2. The lowest BCUT2D eigenvalue weighted by Gasteiger charge is -2.32. The van der Waals surface area contributed by atoms with Gasteiger partial charge in [-0.2, -0.15) is 0 Å². The van der Waals surface area contributed by atoms with Crippen LogP contribution in [0.15, 0.2) is 18.2 Å². The minimum atomic E-state index is -0.0956. The highest BCUT2D eigenvalue weighted by molar-refractivity contribution is 6.33. The van der Waals surface area contributed by atoms with Crippen LogP contribution in [0.3, 0.4) is 0 Å². The van der Waals surface area contributed by atoms with E-state index in [1.807, 2.05) is 26.0 Å². The lowest BCUT2D eigenvalue weighted by molar-refractivity contribution is 0.0620. The van der Waals surface area contributed by atoms with Crippen molar-refractivity contribution in [2.75, 3.05) is 19.7 Å². The molecule has 0 saturated carbocycles. The Labute approximate surface area is 141 Å². The Bertz CT molecular complexity index is 760. The number of fused-ring (bicyclic) bond motifs is 1. The van der Waals surface area contributed by atoms with Crippen LogP contribution in [0.2, 0.25) is 5.15 Å². The molecule has 122 valence electrons. The van der Waals surface area contributed by atoms with Crippen LogP contribution in [-0.4, -0.2) is 40.6 Å². The van der Waals surface area contributed by atoms with E-state index in [1.165, 1.54) is 0 Å². The quantitative estimate of drug-likeness (QED) is 0.858. The number of aliphatic hydroxyl groups excluding tert-OH is 1. The van der Waals surface area contributed by atoms with Gasteiger partial charge in [-0.1, -0.05) is 23.2 Å². The van der Waals surface area contributed by atoms with Crippen molar-refractivity contribution in [1.82, 2.24) is 9.88 Å². The van der Waals surface area contributed by atoms with Crippen molar-refractivity contribution in [3.63, 3.8) is 0 Å². The van der Waals surface area contributed by atoms with Crippen molar-refractivity contribution in [2.45, 2.75) is 26.7 Å². The maximum atomic E-state index is 12.8. The zero-order chi connectivity index (χ0) is 16.6. The molecule has 2 heterocycles. The van der Waals surface area contributed by atoms with E-state index in [9.17, 15) is 9.90 Å². The Hall–Kier alpha value is -1.65. The monoisotopic (exact) mass is 332 g/mol. The Morgan fingerprint density at radius 2 is 2.17 bits per heavy atom. The maximum Gasteiger partial charge on any atom is 0.257 e. The molecule has 1 amide bonds. The predicted octanol–water partition coefficient (Wildman–Crippen LogP) is 3.35. The Kier molecular flexibility index (Phi) is 4.55. The second-order valence-corrected chi connectivity index (χ2v) is 6.78. The number of nitrogens with zero attached hydrogens (tertiary/aromatic N) is 2. The highest BCUT2D eigenvalue weighted by atomic mass is 35.5. The van der Waals surface area contributed by atoms with E-state index in [0.717, 1.165) is 34.9 Å². The Balaban J connectivity index is 1.98. The molecular formula is C18H21ClN2O2. The number of halogens is 1. The van der Waals surface area contributed by atoms with Crippen LogP contribution in [-0.2, 0) is 0 Å². The minimum Gasteiger partial charge on any atom is -0.396 e. The molecule has 0 aliphatic carbocycles. The molecule has 5 heteroatoms. The van der Waals surface area contributed by atoms with Crippen molar-refractivity contribution < 1.29 is 9.90 Å². The summed E-state index contributed by atoms with van der Waals surface area (Å²) in [4.78, 5) is 19.0. The molecule has 0 spiro atoms. The van der Waals surface area contributed by atoms with E-state index in [1.54, 1.807) is 4.90 Å². The third kappa shape index (κ3) is 3.19. The van der Waals surface area contributed by atoms with E-state index < -0.39 is 0 Å². The smallest absolute Gasteiger partial charge is 0.257 e. The number of aliphatic hydroxyl groups is 1. The number of piperidine rings is 1. The van der Waals surface area contributed by atoms with E-state index >= 15 is 0 Å². The summed E-state index contributed by atoms with van der Waals surface area (Å²) in [5.41, 5.74) is 3.47. The van der Waals surface area contributed by atoms with Gasteiger partial charge in [0.25, 0.3) is 5.91 Å². The average molecular weight is 333 g/mol. The fourth-order valence-electron chi connectivity index (χ4n) is 3.35. The van der Waals surface area contributed by atoms with E-state index in [0.29, 0.717) is 18.7 Å². The number of aryl methyl sites for hydroxylation is 2. The molecule has 4 nitrogen and oxygen atoms in total. The lowest BCUT2D eigenvalue weighted by Crippen LogP contribution is -2.41. The topological polar surface area (TPSA) is 53.4 Å². The molecule has 1 saturated heterocycles. The summed E-state index contributed by atoms with van der Waals surface area (Å²) in [5.74, 6) is 0.0612. The van der Waals surface area contributed by atoms with Crippen molar-refractivity contribution >= 4 is 28.4 Å². The normalized spacial score (nSPS) is 18.4. The molecular weight excluding hydrogens is 312 g/mol. The number of carbonyl (C=O) groups excluding carboxylic acids is 1. The third-order valence-electron chi connectivity index (χ3n) is 4.50. The number of hydrogen-bond donors (Lipinski definition) is 1. The molecule has 1 atom stereocenters. The minimum absolute atomic E-state index is 0.0956. The van der Waals surface area contributed by atoms with Gasteiger partial charge < -0.3 is 10.0 Å². The molecule has 1 fully saturated rings. The van der Waals surface area contributed by atoms with Gasteiger partial charge in [-0.25, -0.2) is 4.98 Å². The van der Waals surface area contributed by atoms with Gasteiger partial charge in [0.1, 0.15) is 5.15 Å². The first-order valence-corrected chi connectivity index (χ1v) is 8.35. The van der Waals surface area contributed by atoms with Crippen LogP contribution in [0.1, 0.15) is 34.3 Å². The van der Waals surface area contributed by atoms with Gasteiger partial charge in [0.05, 0.1) is 11.1 Å². The largest absolute Gasteiger partial charge is 0.396 e. The van der Waals surface area contributed by atoms with Gasteiger partial charge >= 0.3 is 0 Å². The van der Waals surface area contributed by atoms with Gasteiger partial charge in [0.15, 0.2) is 0 Å². The highest BCUT2D eigenvalue weighted by Gasteiger charge is 2.26. The maximum absolute atomic E-state index is 12.8. The first-order valence-electron chi connectivity index (χ1n) is 7.97. The summed E-state index contributed by atoms with van der Waals surface area (Å²) in [5, 5.41) is 10.5. The first-order chi connectivity index (χ1) is 11.0. The van der Waals surface area contributed by atoms with Crippen LogP contribution < -0.4 is 0 Å². The number of hydrogen-bond acceptors (Lipinski definition) is 3. The van der Waals surface area contributed by atoms with Crippen molar-refractivity contribution in [2.24, 2.45) is 5.92 Å². The van der Waals surface area contributed by atoms with Crippen LogP contribution in [0.4, 0.5) is 0 Å². The predicted molar refractivity (Wildman–Crippen MR) is 91.9 cm³/mol. The second-order valence-electron chi connectivity index (χ2n) is 6.42. The molecule has 23 heavy (non-hydrogen) atoms. The summed E-state index contributed by atoms with van der Waals surface area (Å²) in [6.45, 7) is 5.43. The summed E-state index contributed by atoms with van der Waals surface area (Å²) in [6, 6.07) is 5.92. The van der Waals surface area contributed by atoms with Crippen molar-refractivity contribution in [1.29, 1.82) is 0 Å². The summed E-state index contributed by atoms with van der Waals surface area (Å²) < 4.78 is 0. The summed E-state index contributed by atoms with van der Waals surface area (Å²) in [6.07, 6.45) is 1.87. The number of aromatic nitrogens is 1. The number of carbonyl (C=O) groups is 1. The van der Waals surface area contributed by atoms with Crippen LogP contribution in [0.5, 0.6) is 0 Å². The molecule has 1 aliphatic heterocycles. The van der Waals surface area contributed by atoms with Gasteiger partial charge in [0.2, 0.25) is 0 Å². The van der Waals surface area contributed by atoms with E-state index in [4.69, 9.17) is 11.6 Å². The van der Waals surface area contributed by atoms with Crippen LogP contribution in [0, 0.1) is 19.8 Å². The van der Waals surface area contributed by atoms with Gasteiger partial charge in [-0.3, -0.25) is 4.79 Å². The molecule has 1 unspecified atom stereocenters. The van der Waals surface area contributed by atoms with Crippen molar-refractivity contribution in [3.05, 3.63) is 40.0 Å². The molecule has 1 aromatic heterocycles. The van der Waals surface area contributed by atoms with Gasteiger partial charge in [0, 0.05) is 25.1 Å². The standard InChI is InChI=1S/C18H21ClN2O2/c1-11-6-12(2)16-14(7-11)8-15(17(19)20-16)18(23)21-5-3-4-13(9-21)10-22/h6-8,13,22H,3-5,9-10H2,1-2H3. The molecule has 1 aliphatic rings. The molecule has 2 aromatic rings. The van der Waals surface area contributed by atoms with Crippen molar-refractivity contribution in [3.8, 4) is 0 Å². The lowest BCUT2D eigenvalue weighted by atomic mass is 9.98. The van der Waals surface area contributed by atoms with E-state index in [2.05, 4.69) is 11.1 Å².